The Morgan fingerprint density at radius 2 is 2.22 bits per heavy atom. The minimum Gasteiger partial charge on any atom is -0.362 e. The zero-order valence-electron chi connectivity index (χ0n) is 10.9. The molecule has 0 amide bonds. The van der Waals surface area contributed by atoms with Gasteiger partial charge in [0.2, 0.25) is 5.95 Å². The smallest absolute Gasteiger partial charge is 0.224 e. The van der Waals surface area contributed by atoms with Crippen molar-refractivity contribution < 1.29 is 0 Å². The van der Waals surface area contributed by atoms with E-state index in [1.54, 1.807) is 11.3 Å². The third kappa shape index (κ3) is 2.98. The highest BCUT2D eigenvalue weighted by molar-refractivity contribution is 7.10. The van der Waals surface area contributed by atoms with Crippen LogP contribution in [-0.4, -0.2) is 17.0 Å². The van der Waals surface area contributed by atoms with Gasteiger partial charge in [-0.2, -0.15) is 4.98 Å². The van der Waals surface area contributed by atoms with Crippen molar-refractivity contribution in [3.8, 4) is 0 Å². The standard InChI is InChI=1S/C13H18N4S/c1-4-10(11-6-5-7-18-11)16-12-8-9(2)15-13(14-3)17-12/h5-8,10H,4H2,1-3H3,(H2,14,15,16,17). The summed E-state index contributed by atoms with van der Waals surface area (Å²) in [4.78, 5) is 10.0. The average Bonchev–Trinajstić information content (AvgIpc) is 2.89. The van der Waals surface area contributed by atoms with Gasteiger partial charge in [0, 0.05) is 23.7 Å². The summed E-state index contributed by atoms with van der Waals surface area (Å²) in [6.07, 6.45) is 1.03. The van der Waals surface area contributed by atoms with Crippen LogP contribution >= 0.6 is 11.3 Å². The number of hydrogen-bond donors (Lipinski definition) is 2. The van der Waals surface area contributed by atoms with Crippen LogP contribution in [0.4, 0.5) is 11.8 Å². The van der Waals surface area contributed by atoms with Crippen molar-refractivity contribution in [3.63, 3.8) is 0 Å². The van der Waals surface area contributed by atoms with Crippen molar-refractivity contribution in [3.05, 3.63) is 34.2 Å². The van der Waals surface area contributed by atoms with E-state index in [2.05, 4.69) is 45.0 Å². The molecule has 1 unspecified atom stereocenters. The molecule has 2 N–H and O–H groups in total. The highest BCUT2D eigenvalue weighted by Gasteiger charge is 2.11. The molecule has 2 aromatic heterocycles. The van der Waals surface area contributed by atoms with E-state index < -0.39 is 0 Å². The van der Waals surface area contributed by atoms with Crippen molar-refractivity contribution >= 4 is 23.1 Å². The van der Waals surface area contributed by atoms with Gasteiger partial charge in [-0.15, -0.1) is 11.3 Å². The summed E-state index contributed by atoms with van der Waals surface area (Å²) in [5.74, 6) is 1.52. The lowest BCUT2D eigenvalue weighted by atomic mass is 10.2. The molecule has 2 rings (SSSR count). The van der Waals surface area contributed by atoms with Crippen LogP contribution in [0.5, 0.6) is 0 Å². The van der Waals surface area contributed by atoms with Gasteiger partial charge in [0.05, 0.1) is 6.04 Å². The van der Waals surface area contributed by atoms with E-state index in [1.807, 2.05) is 20.0 Å². The molecule has 0 saturated carbocycles. The predicted molar refractivity (Wildman–Crippen MR) is 77.3 cm³/mol. The second kappa shape index (κ2) is 5.82. The first-order valence-electron chi connectivity index (χ1n) is 6.06. The highest BCUT2D eigenvalue weighted by atomic mass is 32.1. The van der Waals surface area contributed by atoms with Gasteiger partial charge in [0.15, 0.2) is 0 Å². The molecule has 0 aliphatic carbocycles. The molecule has 0 spiro atoms. The van der Waals surface area contributed by atoms with Crippen LogP contribution in [0.25, 0.3) is 0 Å². The molecular formula is C13H18N4S. The lowest BCUT2D eigenvalue weighted by molar-refractivity contribution is 0.757. The van der Waals surface area contributed by atoms with Gasteiger partial charge in [-0.05, 0) is 24.8 Å². The molecule has 18 heavy (non-hydrogen) atoms. The Labute approximate surface area is 111 Å². The molecule has 0 aromatic carbocycles. The van der Waals surface area contributed by atoms with Gasteiger partial charge in [-0.3, -0.25) is 0 Å². The molecule has 96 valence electrons. The molecule has 0 fully saturated rings. The molecular weight excluding hydrogens is 244 g/mol. The SMILES string of the molecule is CCC(Nc1cc(C)nc(NC)n1)c1cccs1. The van der Waals surface area contributed by atoms with Crippen LogP contribution in [0, 0.1) is 6.92 Å². The predicted octanol–water partition coefficient (Wildman–Crippen LogP) is 3.45. The fourth-order valence-corrected chi connectivity index (χ4v) is 2.66. The van der Waals surface area contributed by atoms with E-state index in [0.717, 1.165) is 17.9 Å². The first kappa shape index (κ1) is 12.8. The number of hydrogen-bond acceptors (Lipinski definition) is 5. The van der Waals surface area contributed by atoms with Crippen LogP contribution in [0.1, 0.15) is 30.0 Å². The molecule has 5 heteroatoms. The van der Waals surface area contributed by atoms with Crippen LogP contribution in [-0.2, 0) is 0 Å². The summed E-state index contributed by atoms with van der Waals surface area (Å²) in [5, 5.41) is 8.54. The maximum atomic E-state index is 4.42. The molecule has 0 radical (unpaired) electrons. The molecule has 1 atom stereocenters. The first-order chi connectivity index (χ1) is 8.72. The monoisotopic (exact) mass is 262 g/mol. The van der Waals surface area contributed by atoms with Gasteiger partial charge in [-0.25, -0.2) is 4.98 Å². The maximum Gasteiger partial charge on any atom is 0.224 e. The number of aromatic nitrogens is 2. The Balaban J connectivity index is 2.19. The summed E-state index contributed by atoms with van der Waals surface area (Å²) < 4.78 is 0. The van der Waals surface area contributed by atoms with Crippen LogP contribution in [0.15, 0.2) is 23.6 Å². The topological polar surface area (TPSA) is 49.8 Å². The number of thiophene rings is 1. The molecule has 2 aromatic rings. The van der Waals surface area contributed by atoms with Gasteiger partial charge >= 0.3 is 0 Å². The van der Waals surface area contributed by atoms with E-state index in [-0.39, 0.29) is 0 Å². The summed E-state index contributed by atoms with van der Waals surface area (Å²) in [6, 6.07) is 6.51. The number of rotatable bonds is 5. The van der Waals surface area contributed by atoms with Crippen molar-refractivity contribution in [1.29, 1.82) is 0 Å². The molecule has 0 aliphatic heterocycles. The van der Waals surface area contributed by atoms with E-state index in [1.165, 1.54) is 4.88 Å². The molecule has 2 heterocycles. The Kier molecular flexibility index (Phi) is 4.15. The van der Waals surface area contributed by atoms with E-state index >= 15 is 0 Å². The van der Waals surface area contributed by atoms with Crippen molar-refractivity contribution in [2.24, 2.45) is 0 Å². The molecule has 4 nitrogen and oxygen atoms in total. The van der Waals surface area contributed by atoms with Gasteiger partial charge < -0.3 is 10.6 Å². The fourth-order valence-electron chi connectivity index (χ4n) is 1.80. The summed E-state index contributed by atoms with van der Waals surface area (Å²) in [6.45, 7) is 4.14. The Morgan fingerprint density at radius 1 is 1.39 bits per heavy atom. The van der Waals surface area contributed by atoms with Crippen LogP contribution in [0.2, 0.25) is 0 Å². The minimum absolute atomic E-state index is 0.309. The van der Waals surface area contributed by atoms with Crippen molar-refractivity contribution in [1.82, 2.24) is 9.97 Å². The maximum absolute atomic E-state index is 4.42. The third-order valence-electron chi connectivity index (χ3n) is 2.69. The molecule has 0 aliphatic rings. The number of nitrogens with one attached hydrogen (secondary N) is 2. The first-order valence-corrected chi connectivity index (χ1v) is 6.94. The van der Waals surface area contributed by atoms with Crippen molar-refractivity contribution in [2.75, 3.05) is 17.7 Å². The Morgan fingerprint density at radius 3 is 2.83 bits per heavy atom. The van der Waals surface area contributed by atoms with Crippen molar-refractivity contribution in [2.45, 2.75) is 26.3 Å². The minimum atomic E-state index is 0.309. The third-order valence-corrected chi connectivity index (χ3v) is 3.68. The average molecular weight is 262 g/mol. The molecule has 0 bridgehead atoms. The molecule has 0 saturated heterocycles. The highest BCUT2D eigenvalue weighted by Crippen LogP contribution is 2.25. The van der Waals surface area contributed by atoms with Crippen LogP contribution in [0.3, 0.4) is 0 Å². The largest absolute Gasteiger partial charge is 0.362 e. The van der Waals surface area contributed by atoms with E-state index in [9.17, 15) is 0 Å². The normalized spacial score (nSPS) is 12.2. The lowest BCUT2D eigenvalue weighted by Gasteiger charge is -2.16. The second-order valence-electron chi connectivity index (χ2n) is 4.09. The lowest BCUT2D eigenvalue weighted by Crippen LogP contribution is -2.11. The van der Waals surface area contributed by atoms with Gasteiger partial charge in [0.25, 0.3) is 0 Å². The number of aryl methyl sites for hydroxylation is 1. The number of nitrogens with zero attached hydrogens (tertiary/aromatic N) is 2. The Bertz CT molecular complexity index is 496. The zero-order valence-corrected chi connectivity index (χ0v) is 11.7. The van der Waals surface area contributed by atoms with Gasteiger partial charge in [0.1, 0.15) is 5.82 Å². The second-order valence-corrected chi connectivity index (χ2v) is 5.07. The summed E-state index contributed by atoms with van der Waals surface area (Å²) >= 11 is 1.77. The summed E-state index contributed by atoms with van der Waals surface area (Å²) in [5.41, 5.74) is 0.956. The zero-order chi connectivity index (χ0) is 13.0. The number of anilines is 2. The quantitative estimate of drug-likeness (QED) is 0.866. The van der Waals surface area contributed by atoms with Crippen LogP contribution < -0.4 is 10.6 Å². The van der Waals surface area contributed by atoms with E-state index in [0.29, 0.717) is 12.0 Å². The fraction of sp³-hybridized carbons (Fsp3) is 0.385. The van der Waals surface area contributed by atoms with Gasteiger partial charge in [-0.1, -0.05) is 13.0 Å². The van der Waals surface area contributed by atoms with E-state index in [4.69, 9.17) is 0 Å². The Hall–Kier alpha value is -1.62. The summed E-state index contributed by atoms with van der Waals surface area (Å²) in [7, 11) is 1.83.